The zero-order chi connectivity index (χ0) is 15.5. The second kappa shape index (κ2) is 5.70. The van der Waals surface area contributed by atoms with Crippen molar-refractivity contribution in [2.45, 2.75) is 6.36 Å². The fraction of sp³-hybridized carbons (Fsp3) is 0.0769. The molecule has 1 amide bonds. The first-order chi connectivity index (χ1) is 9.83. The van der Waals surface area contributed by atoms with Crippen LogP contribution in [0.1, 0.15) is 10.5 Å². The average molecular weight is 297 g/mol. The number of amides is 1. The normalized spacial score (nSPS) is 11.0. The Morgan fingerprint density at radius 3 is 2.43 bits per heavy atom. The first-order valence-electron chi connectivity index (χ1n) is 5.72. The maximum absolute atomic E-state index is 12.0. The number of nitrogen functional groups attached to an aromatic ring is 1. The van der Waals surface area contributed by atoms with Gasteiger partial charge < -0.3 is 15.8 Å². The molecule has 21 heavy (non-hydrogen) atoms. The highest BCUT2D eigenvalue weighted by Crippen LogP contribution is 2.24. The van der Waals surface area contributed by atoms with Crippen molar-refractivity contribution in [1.82, 2.24) is 4.98 Å². The topological polar surface area (TPSA) is 77.2 Å². The molecule has 0 aliphatic heterocycles. The monoisotopic (exact) mass is 297 g/mol. The molecule has 1 heterocycles. The molecule has 0 bridgehead atoms. The van der Waals surface area contributed by atoms with Crippen LogP contribution in [0.5, 0.6) is 5.75 Å². The second-order valence-electron chi connectivity index (χ2n) is 4.00. The highest BCUT2D eigenvalue weighted by molar-refractivity contribution is 6.03. The number of nitrogens with two attached hydrogens (primary N) is 1. The molecule has 5 nitrogen and oxygen atoms in total. The molecule has 0 aliphatic rings. The zero-order valence-corrected chi connectivity index (χ0v) is 10.5. The number of halogens is 3. The molecule has 110 valence electrons. The number of nitrogens with zero attached hydrogens (tertiary/aromatic N) is 1. The summed E-state index contributed by atoms with van der Waals surface area (Å²) in [6, 6.07) is 7.67. The number of carbonyl (C=O) groups excluding carboxylic acids is 1. The molecule has 2 aromatic rings. The van der Waals surface area contributed by atoms with Crippen LogP contribution >= 0.6 is 0 Å². The first-order valence-corrected chi connectivity index (χ1v) is 5.72. The summed E-state index contributed by atoms with van der Waals surface area (Å²) in [7, 11) is 0. The third-order valence-corrected chi connectivity index (χ3v) is 2.36. The highest BCUT2D eigenvalue weighted by Gasteiger charge is 2.30. The number of hydrogen-bond acceptors (Lipinski definition) is 4. The minimum Gasteiger partial charge on any atom is -0.406 e. The van der Waals surface area contributed by atoms with Gasteiger partial charge in [0.25, 0.3) is 5.91 Å². The number of alkyl halides is 3. The van der Waals surface area contributed by atoms with Crippen LogP contribution in [-0.4, -0.2) is 17.3 Å². The third-order valence-electron chi connectivity index (χ3n) is 2.36. The van der Waals surface area contributed by atoms with Crippen LogP contribution in [0.25, 0.3) is 0 Å². The Balaban J connectivity index is 2.05. The largest absolute Gasteiger partial charge is 0.573 e. The summed E-state index contributed by atoms with van der Waals surface area (Å²) in [4.78, 5) is 15.7. The lowest BCUT2D eigenvalue weighted by Gasteiger charge is -2.09. The van der Waals surface area contributed by atoms with Crippen molar-refractivity contribution >= 4 is 17.3 Å². The molecule has 0 aliphatic carbocycles. The van der Waals surface area contributed by atoms with Gasteiger partial charge in [0.2, 0.25) is 0 Å². The van der Waals surface area contributed by atoms with E-state index in [9.17, 15) is 18.0 Å². The van der Waals surface area contributed by atoms with Crippen molar-refractivity contribution in [2.75, 3.05) is 11.1 Å². The fourth-order valence-electron chi connectivity index (χ4n) is 1.51. The Morgan fingerprint density at radius 2 is 1.86 bits per heavy atom. The van der Waals surface area contributed by atoms with E-state index < -0.39 is 12.3 Å². The van der Waals surface area contributed by atoms with E-state index in [1.807, 2.05) is 0 Å². The van der Waals surface area contributed by atoms with Gasteiger partial charge in [-0.25, -0.2) is 0 Å². The van der Waals surface area contributed by atoms with E-state index in [0.717, 1.165) is 12.1 Å². The molecule has 3 N–H and O–H groups in total. The molecule has 0 fully saturated rings. The standard InChI is InChI=1S/C13H10F3N3O2/c14-13(15,16)21-10-3-1-9(2-4-10)19-12(20)11-7-8(17)5-6-18-11/h1-7H,(H2,17,18)(H,19,20). The van der Waals surface area contributed by atoms with E-state index in [0.29, 0.717) is 11.4 Å². The van der Waals surface area contributed by atoms with E-state index in [1.165, 1.54) is 30.5 Å². The van der Waals surface area contributed by atoms with Gasteiger partial charge in [-0.05, 0) is 36.4 Å². The van der Waals surface area contributed by atoms with Crippen molar-refractivity contribution in [3.8, 4) is 5.75 Å². The maximum atomic E-state index is 12.0. The number of aromatic nitrogens is 1. The molecule has 0 radical (unpaired) electrons. The van der Waals surface area contributed by atoms with Crippen molar-refractivity contribution in [3.63, 3.8) is 0 Å². The van der Waals surface area contributed by atoms with Crippen LogP contribution in [0.3, 0.4) is 0 Å². The number of nitrogens with one attached hydrogen (secondary N) is 1. The van der Waals surface area contributed by atoms with Crippen molar-refractivity contribution in [1.29, 1.82) is 0 Å². The molecular weight excluding hydrogens is 287 g/mol. The SMILES string of the molecule is Nc1ccnc(C(=O)Nc2ccc(OC(F)(F)F)cc2)c1. The minimum absolute atomic E-state index is 0.102. The van der Waals surface area contributed by atoms with Gasteiger partial charge in [-0.1, -0.05) is 0 Å². The van der Waals surface area contributed by atoms with Gasteiger partial charge in [0.1, 0.15) is 11.4 Å². The van der Waals surface area contributed by atoms with Gasteiger partial charge in [0.15, 0.2) is 0 Å². The summed E-state index contributed by atoms with van der Waals surface area (Å²) in [5.74, 6) is -0.894. The predicted molar refractivity (Wildman–Crippen MR) is 69.7 cm³/mol. The Morgan fingerprint density at radius 1 is 1.19 bits per heavy atom. The van der Waals surface area contributed by atoms with Crippen LogP contribution in [0, 0.1) is 0 Å². The summed E-state index contributed by atoms with van der Waals surface area (Å²) in [5, 5.41) is 2.48. The molecule has 8 heteroatoms. The zero-order valence-electron chi connectivity index (χ0n) is 10.5. The van der Waals surface area contributed by atoms with Gasteiger partial charge in [0, 0.05) is 17.6 Å². The minimum atomic E-state index is -4.75. The average Bonchev–Trinajstić information content (AvgIpc) is 2.39. The van der Waals surface area contributed by atoms with Crippen LogP contribution < -0.4 is 15.8 Å². The summed E-state index contributed by atoms with van der Waals surface area (Å²) >= 11 is 0. The summed E-state index contributed by atoms with van der Waals surface area (Å²) < 4.78 is 39.7. The quantitative estimate of drug-likeness (QED) is 0.913. The van der Waals surface area contributed by atoms with E-state index in [1.54, 1.807) is 0 Å². The van der Waals surface area contributed by atoms with Gasteiger partial charge in [-0.15, -0.1) is 13.2 Å². The molecule has 1 aromatic carbocycles. The maximum Gasteiger partial charge on any atom is 0.573 e. The molecule has 0 spiro atoms. The van der Waals surface area contributed by atoms with E-state index >= 15 is 0 Å². The predicted octanol–water partition coefficient (Wildman–Crippen LogP) is 2.81. The number of rotatable bonds is 3. The molecule has 1 aromatic heterocycles. The molecule has 0 saturated heterocycles. The van der Waals surface area contributed by atoms with Crippen molar-refractivity contribution in [3.05, 3.63) is 48.3 Å². The van der Waals surface area contributed by atoms with E-state index in [2.05, 4.69) is 15.0 Å². The first kappa shape index (κ1) is 14.6. The number of pyridine rings is 1. The second-order valence-corrected chi connectivity index (χ2v) is 4.00. The summed E-state index contributed by atoms with van der Waals surface area (Å²) in [6.07, 6.45) is -3.37. The number of anilines is 2. The van der Waals surface area contributed by atoms with Crippen LogP contribution in [0.2, 0.25) is 0 Å². The Bertz CT molecular complexity index is 642. The molecule has 0 unspecified atom stereocenters. The lowest BCUT2D eigenvalue weighted by molar-refractivity contribution is -0.274. The number of hydrogen-bond donors (Lipinski definition) is 2. The van der Waals surface area contributed by atoms with Crippen LogP contribution in [0.15, 0.2) is 42.6 Å². The lowest BCUT2D eigenvalue weighted by Crippen LogP contribution is -2.17. The molecule has 0 atom stereocenters. The molecular formula is C13H10F3N3O2. The van der Waals surface area contributed by atoms with E-state index in [4.69, 9.17) is 5.73 Å². The Hall–Kier alpha value is -2.77. The van der Waals surface area contributed by atoms with Gasteiger partial charge in [-0.2, -0.15) is 0 Å². The Labute approximate surface area is 117 Å². The number of ether oxygens (including phenoxy) is 1. The third kappa shape index (κ3) is 4.37. The highest BCUT2D eigenvalue weighted by atomic mass is 19.4. The molecule has 2 rings (SSSR count). The van der Waals surface area contributed by atoms with Gasteiger partial charge >= 0.3 is 6.36 Å². The number of carbonyl (C=O) groups is 1. The number of benzene rings is 1. The van der Waals surface area contributed by atoms with Crippen LogP contribution in [0.4, 0.5) is 24.5 Å². The summed E-state index contributed by atoms with van der Waals surface area (Å²) in [6.45, 7) is 0. The Kier molecular flexibility index (Phi) is 3.97. The smallest absolute Gasteiger partial charge is 0.406 e. The fourth-order valence-corrected chi connectivity index (χ4v) is 1.51. The summed E-state index contributed by atoms with van der Waals surface area (Å²) in [5.41, 5.74) is 6.31. The van der Waals surface area contributed by atoms with Gasteiger partial charge in [-0.3, -0.25) is 9.78 Å². The van der Waals surface area contributed by atoms with Crippen molar-refractivity contribution in [2.24, 2.45) is 0 Å². The van der Waals surface area contributed by atoms with E-state index in [-0.39, 0.29) is 11.4 Å². The van der Waals surface area contributed by atoms with Crippen LogP contribution in [-0.2, 0) is 0 Å². The van der Waals surface area contributed by atoms with Crippen molar-refractivity contribution < 1.29 is 22.7 Å². The van der Waals surface area contributed by atoms with Gasteiger partial charge in [0.05, 0.1) is 0 Å². The molecule has 0 saturated carbocycles. The lowest BCUT2D eigenvalue weighted by atomic mass is 10.2.